The van der Waals surface area contributed by atoms with Gasteiger partial charge in [0, 0.05) is 28.3 Å². The van der Waals surface area contributed by atoms with Gasteiger partial charge in [-0.1, -0.05) is 79.5 Å². The van der Waals surface area contributed by atoms with Crippen LogP contribution in [0.5, 0.6) is 11.5 Å². The summed E-state index contributed by atoms with van der Waals surface area (Å²) in [6, 6.07) is 23.5. The summed E-state index contributed by atoms with van der Waals surface area (Å²) in [7, 11) is 1.60. The van der Waals surface area contributed by atoms with Crippen LogP contribution >= 0.6 is 23.2 Å². The summed E-state index contributed by atoms with van der Waals surface area (Å²) in [5, 5.41) is 7.08. The number of Topliss-reactive ketones (excluding diaryl/α,β-unsaturated/α-hetero) is 1. The Morgan fingerprint density at radius 3 is 2.51 bits per heavy atom. The molecule has 1 heterocycles. The molecule has 0 fully saturated rings. The van der Waals surface area contributed by atoms with Crippen molar-refractivity contribution >= 4 is 51.0 Å². The standard InChI is InChI=1S/C33H29Cl2NO3/c1-33(2)16-24-29-23-7-5-4-6-20(23)10-13-26(29)36-31(30(24)27(37)17-33)21-14-25(35)32(28(15-21)38-3)39-18-19-8-11-22(34)12-9-19/h4-15,31,36H,16-18H2,1-3H3/t31-/m1/s1. The summed E-state index contributed by atoms with van der Waals surface area (Å²) in [6.45, 7) is 4.66. The topological polar surface area (TPSA) is 47.6 Å². The molecule has 0 radical (unpaired) electrons. The Labute approximate surface area is 238 Å². The molecule has 0 aromatic heterocycles. The molecule has 2 aliphatic rings. The normalized spacial score (nSPS) is 17.9. The van der Waals surface area contributed by atoms with Gasteiger partial charge < -0.3 is 14.8 Å². The van der Waals surface area contributed by atoms with Gasteiger partial charge in [-0.2, -0.15) is 0 Å². The summed E-state index contributed by atoms with van der Waals surface area (Å²) in [6.07, 6.45) is 1.32. The molecule has 1 aliphatic heterocycles. The van der Waals surface area contributed by atoms with E-state index in [9.17, 15) is 4.79 Å². The van der Waals surface area contributed by atoms with Gasteiger partial charge in [0.15, 0.2) is 17.3 Å². The third-order valence-electron chi connectivity index (χ3n) is 7.62. The van der Waals surface area contributed by atoms with Crippen molar-refractivity contribution in [2.45, 2.75) is 39.3 Å². The minimum atomic E-state index is -0.353. The Bertz CT molecular complexity index is 1640. The number of methoxy groups -OCH3 is 1. The fourth-order valence-corrected chi connectivity index (χ4v) is 6.27. The van der Waals surface area contributed by atoms with Gasteiger partial charge in [0.1, 0.15) is 6.61 Å². The van der Waals surface area contributed by atoms with Crippen LogP contribution in [0.2, 0.25) is 10.0 Å². The summed E-state index contributed by atoms with van der Waals surface area (Å²) < 4.78 is 11.8. The Kier molecular flexibility index (Phi) is 6.57. The summed E-state index contributed by atoms with van der Waals surface area (Å²) >= 11 is 12.8. The molecule has 0 spiro atoms. The number of hydrogen-bond acceptors (Lipinski definition) is 4. The largest absolute Gasteiger partial charge is 0.493 e. The molecular weight excluding hydrogens is 529 g/mol. The average molecular weight is 559 g/mol. The fourth-order valence-electron chi connectivity index (χ4n) is 5.87. The van der Waals surface area contributed by atoms with Gasteiger partial charge in [0.2, 0.25) is 0 Å². The second-order valence-corrected chi connectivity index (χ2v) is 11.9. The van der Waals surface area contributed by atoms with E-state index in [1.54, 1.807) is 7.11 Å². The van der Waals surface area contributed by atoms with Gasteiger partial charge in [-0.3, -0.25) is 4.79 Å². The zero-order valence-corrected chi connectivity index (χ0v) is 23.6. The van der Waals surface area contributed by atoms with Gasteiger partial charge in [-0.15, -0.1) is 0 Å². The first-order chi connectivity index (χ1) is 18.7. The van der Waals surface area contributed by atoms with E-state index < -0.39 is 0 Å². The van der Waals surface area contributed by atoms with Crippen molar-refractivity contribution in [3.8, 4) is 11.5 Å². The second-order valence-electron chi connectivity index (χ2n) is 11.1. The molecule has 4 aromatic carbocycles. The van der Waals surface area contributed by atoms with E-state index in [0.29, 0.717) is 34.6 Å². The number of carbonyl (C=O) groups is 1. The number of rotatable bonds is 5. The number of carbonyl (C=O) groups excluding carboxylic acids is 1. The maximum atomic E-state index is 13.8. The van der Waals surface area contributed by atoms with Crippen LogP contribution in [0.15, 0.2) is 78.4 Å². The zero-order valence-electron chi connectivity index (χ0n) is 22.1. The second kappa shape index (κ2) is 9.93. The number of hydrogen-bond donors (Lipinski definition) is 1. The van der Waals surface area contributed by atoms with Crippen molar-refractivity contribution in [1.29, 1.82) is 0 Å². The van der Waals surface area contributed by atoms with Crippen LogP contribution in [0.3, 0.4) is 0 Å². The molecule has 1 N–H and O–H groups in total. The number of nitrogens with one attached hydrogen (secondary N) is 1. The summed E-state index contributed by atoms with van der Waals surface area (Å²) in [4.78, 5) is 13.8. The predicted octanol–water partition coefficient (Wildman–Crippen LogP) is 9.04. The van der Waals surface area contributed by atoms with Crippen LogP contribution in [-0.2, 0) is 11.4 Å². The molecule has 0 unspecified atom stereocenters. The van der Waals surface area contributed by atoms with Crippen molar-refractivity contribution in [3.05, 3.63) is 105 Å². The smallest absolute Gasteiger partial charge is 0.180 e. The number of ether oxygens (including phenoxy) is 2. The first kappa shape index (κ1) is 25.8. The molecule has 1 atom stereocenters. The molecule has 6 rings (SSSR count). The Hall–Kier alpha value is -3.47. The predicted molar refractivity (Wildman–Crippen MR) is 159 cm³/mol. The minimum Gasteiger partial charge on any atom is -0.493 e. The number of benzene rings is 4. The quantitative estimate of drug-likeness (QED) is 0.266. The van der Waals surface area contributed by atoms with Crippen molar-refractivity contribution in [1.82, 2.24) is 0 Å². The first-order valence-electron chi connectivity index (χ1n) is 13.0. The highest BCUT2D eigenvalue weighted by molar-refractivity contribution is 6.32. The van der Waals surface area contributed by atoms with Crippen LogP contribution in [0.1, 0.15) is 49.4 Å². The maximum Gasteiger partial charge on any atom is 0.180 e. The van der Waals surface area contributed by atoms with E-state index in [4.69, 9.17) is 32.7 Å². The highest BCUT2D eigenvalue weighted by Gasteiger charge is 2.41. The van der Waals surface area contributed by atoms with Crippen LogP contribution in [0.25, 0.3) is 16.3 Å². The first-order valence-corrected chi connectivity index (χ1v) is 13.8. The van der Waals surface area contributed by atoms with Gasteiger partial charge in [-0.25, -0.2) is 0 Å². The van der Waals surface area contributed by atoms with Crippen molar-refractivity contribution in [3.63, 3.8) is 0 Å². The monoisotopic (exact) mass is 557 g/mol. The summed E-state index contributed by atoms with van der Waals surface area (Å²) in [5.41, 5.74) is 5.76. The van der Waals surface area contributed by atoms with E-state index in [1.165, 1.54) is 0 Å². The van der Waals surface area contributed by atoms with Crippen molar-refractivity contribution in [2.75, 3.05) is 12.4 Å². The van der Waals surface area contributed by atoms with Gasteiger partial charge in [0.25, 0.3) is 0 Å². The number of ketones is 1. The van der Waals surface area contributed by atoms with E-state index in [1.807, 2.05) is 42.5 Å². The molecule has 0 amide bonds. The van der Waals surface area contributed by atoms with E-state index in [2.05, 4.69) is 49.5 Å². The molecule has 39 heavy (non-hydrogen) atoms. The molecule has 4 nitrogen and oxygen atoms in total. The summed E-state index contributed by atoms with van der Waals surface area (Å²) in [5.74, 6) is 1.14. The molecular formula is C33H29Cl2NO3. The Morgan fingerprint density at radius 2 is 1.74 bits per heavy atom. The van der Waals surface area contributed by atoms with E-state index in [-0.39, 0.29) is 17.2 Å². The third kappa shape index (κ3) is 4.77. The minimum absolute atomic E-state index is 0.124. The average Bonchev–Trinajstić information content (AvgIpc) is 2.91. The molecule has 198 valence electrons. The lowest BCUT2D eigenvalue weighted by Crippen LogP contribution is -2.33. The van der Waals surface area contributed by atoms with E-state index >= 15 is 0 Å². The fraction of sp³-hybridized carbons (Fsp3) is 0.242. The van der Waals surface area contributed by atoms with Crippen molar-refractivity contribution in [2.24, 2.45) is 5.41 Å². The molecule has 0 saturated carbocycles. The van der Waals surface area contributed by atoms with E-state index in [0.717, 1.165) is 50.7 Å². The number of fused-ring (bicyclic) bond motifs is 4. The number of anilines is 1. The van der Waals surface area contributed by atoms with Crippen molar-refractivity contribution < 1.29 is 14.3 Å². The highest BCUT2D eigenvalue weighted by atomic mass is 35.5. The van der Waals surface area contributed by atoms with Crippen LogP contribution < -0.4 is 14.8 Å². The highest BCUT2D eigenvalue weighted by Crippen LogP contribution is 2.53. The Balaban J connectivity index is 1.44. The Morgan fingerprint density at radius 1 is 0.974 bits per heavy atom. The van der Waals surface area contributed by atoms with Gasteiger partial charge in [-0.05, 0) is 69.6 Å². The maximum absolute atomic E-state index is 13.8. The molecule has 0 bridgehead atoms. The lowest BCUT2D eigenvalue weighted by atomic mass is 9.68. The van der Waals surface area contributed by atoms with Crippen LogP contribution in [0.4, 0.5) is 5.69 Å². The SMILES string of the molecule is COc1cc([C@H]2Nc3ccc4ccccc4c3C3=C2C(=O)CC(C)(C)C3)cc(Cl)c1OCc1ccc(Cl)cc1. The number of allylic oxidation sites excluding steroid dienone is 1. The van der Waals surface area contributed by atoms with Crippen LogP contribution in [-0.4, -0.2) is 12.9 Å². The van der Waals surface area contributed by atoms with Crippen LogP contribution in [0, 0.1) is 5.41 Å². The van der Waals surface area contributed by atoms with Gasteiger partial charge >= 0.3 is 0 Å². The molecule has 0 saturated heterocycles. The molecule has 4 aromatic rings. The lowest BCUT2D eigenvalue weighted by Gasteiger charge is -2.40. The molecule has 1 aliphatic carbocycles. The molecule has 6 heteroatoms. The lowest BCUT2D eigenvalue weighted by molar-refractivity contribution is -0.118. The third-order valence-corrected chi connectivity index (χ3v) is 8.15. The number of halogens is 2. The zero-order chi connectivity index (χ0) is 27.3. The van der Waals surface area contributed by atoms with Gasteiger partial charge in [0.05, 0.1) is 18.2 Å².